The van der Waals surface area contributed by atoms with Crippen molar-refractivity contribution >= 4 is 39.8 Å². The fraction of sp³-hybridized carbons (Fsp3) is 0.185. The number of rotatable bonds is 5. The van der Waals surface area contributed by atoms with Crippen molar-refractivity contribution in [1.29, 1.82) is 0 Å². The summed E-state index contributed by atoms with van der Waals surface area (Å²) in [5.41, 5.74) is 6.17. The van der Waals surface area contributed by atoms with E-state index < -0.39 is 0 Å². The first-order chi connectivity index (χ1) is 16.2. The average molecular weight is 458 g/mol. The Morgan fingerprint density at radius 3 is 2.55 bits per heavy atom. The van der Waals surface area contributed by atoms with Crippen LogP contribution in [0.2, 0.25) is 0 Å². The first-order valence-corrected chi connectivity index (χ1v) is 11.5. The molecule has 2 heterocycles. The molecule has 1 saturated heterocycles. The van der Waals surface area contributed by atoms with Crippen molar-refractivity contribution in [3.63, 3.8) is 0 Å². The van der Waals surface area contributed by atoms with Crippen molar-refractivity contribution in [1.82, 2.24) is 4.98 Å². The fourth-order valence-electron chi connectivity index (χ4n) is 4.06. The third kappa shape index (κ3) is 4.70. The SMILES string of the molecule is O=C(Nc1cccc(-c2nc3ccccc3cc2N2CCOCC2)c1)c1ccc(CCl)cc1. The number of pyridine rings is 1. The molecule has 1 amide bonds. The summed E-state index contributed by atoms with van der Waals surface area (Å²) in [5.74, 6) is 0.266. The Kier molecular flexibility index (Phi) is 6.24. The Morgan fingerprint density at radius 2 is 1.76 bits per heavy atom. The highest BCUT2D eigenvalue weighted by Gasteiger charge is 2.18. The number of hydrogen-bond donors (Lipinski definition) is 1. The van der Waals surface area contributed by atoms with E-state index in [4.69, 9.17) is 21.3 Å². The fourth-order valence-corrected chi connectivity index (χ4v) is 4.23. The number of hydrogen-bond acceptors (Lipinski definition) is 4. The number of carbonyl (C=O) groups is 1. The zero-order chi connectivity index (χ0) is 22.6. The molecule has 5 nitrogen and oxygen atoms in total. The van der Waals surface area contributed by atoms with Gasteiger partial charge in [-0.25, -0.2) is 4.98 Å². The molecule has 0 bridgehead atoms. The number of amides is 1. The smallest absolute Gasteiger partial charge is 0.255 e. The third-order valence-electron chi connectivity index (χ3n) is 5.82. The van der Waals surface area contributed by atoms with Crippen molar-refractivity contribution in [2.75, 3.05) is 36.5 Å². The first-order valence-electron chi connectivity index (χ1n) is 11.0. The second kappa shape index (κ2) is 9.61. The van der Waals surface area contributed by atoms with Gasteiger partial charge in [-0.15, -0.1) is 11.6 Å². The van der Waals surface area contributed by atoms with Gasteiger partial charge < -0.3 is 15.0 Å². The summed E-state index contributed by atoms with van der Waals surface area (Å²) in [6, 6.07) is 25.5. The Balaban J connectivity index is 1.49. The summed E-state index contributed by atoms with van der Waals surface area (Å²) in [5, 5.41) is 4.11. The van der Waals surface area contributed by atoms with Gasteiger partial charge in [-0.1, -0.05) is 42.5 Å². The van der Waals surface area contributed by atoms with Crippen molar-refractivity contribution in [3.8, 4) is 11.3 Å². The van der Waals surface area contributed by atoms with Gasteiger partial charge in [-0.3, -0.25) is 4.79 Å². The minimum Gasteiger partial charge on any atom is -0.378 e. The number of nitrogens with zero attached hydrogens (tertiary/aromatic N) is 2. The lowest BCUT2D eigenvalue weighted by atomic mass is 10.0. The number of carbonyl (C=O) groups excluding carboxylic acids is 1. The molecule has 0 spiro atoms. The first kappa shape index (κ1) is 21.4. The van der Waals surface area contributed by atoms with E-state index in [-0.39, 0.29) is 5.91 Å². The molecule has 6 heteroatoms. The summed E-state index contributed by atoms with van der Waals surface area (Å²) in [7, 11) is 0. The Bertz CT molecular complexity index is 1280. The number of halogens is 1. The molecule has 0 atom stereocenters. The molecule has 1 N–H and O–H groups in total. The van der Waals surface area contributed by atoms with Crippen molar-refractivity contribution in [2.24, 2.45) is 0 Å². The lowest BCUT2D eigenvalue weighted by molar-refractivity contribution is 0.102. The highest BCUT2D eigenvalue weighted by molar-refractivity contribution is 6.17. The minimum absolute atomic E-state index is 0.159. The molecule has 0 unspecified atom stereocenters. The second-order valence-electron chi connectivity index (χ2n) is 8.01. The molecule has 166 valence electrons. The van der Waals surface area contributed by atoms with Crippen LogP contribution in [-0.2, 0) is 10.6 Å². The average Bonchev–Trinajstić information content (AvgIpc) is 2.88. The molecule has 3 aromatic carbocycles. The van der Waals surface area contributed by atoms with E-state index in [2.05, 4.69) is 22.3 Å². The maximum atomic E-state index is 12.8. The summed E-state index contributed by atoms with van der Waals surface area (Å²) < 4.78 is 5.56. The molecule has 5 rings (SSSR count). The third-order valence-corrected chi connectivity index (χ3v) is 6.13. The summed E-state index contributed by atoms with van der Waals surface area (Å²) in [6.45, 7) is 3.04. The van der Waals surface area contributed by atoms with E-state index in [0.29, 0.717) is 24.7 Å². The maximum Gasteiger partial charge on any atom is 0.255 e. The maximum absolute atomic E-state index is 12.8. The van der Waals surface area contributed by atoms with Crippen molar-refractivity contribution < 1.29 is 9.53 Å². The lowest BCUT2D eigenvalue weighted by Crippen LogP contribution is -2.36. The number of benzene rings is 3. The van der Waals surface area contributed by atoms with Crippen LogP contribution in [0.3, 0.4) is 0 Å². The van der Waals surface area contributed by atoms with E-state index in [1.165, 1.54) is 0 Å². The van der Waals surface area contributed by atoms with Crippen molar-refractivity contribution in [3.05, 3.63) is 90.0 Å². The zero-order valence-electron chi connectivity index (χ0n) is 18.1. The van der Waals surface area contributed by atoms with E-state index in [0.717, 1.165) is 52.2 Å². The van der Waals surface area contributed by atoms with E-state index >= 15 is 0 Å². The van der Waals surface area contributed by atoms with Crippen LogP contribution in [0.1, 0.15) is 15.9 Å². The summed E-state index contributed by atoms with van der Waals surface area (Å²) >= 11 is 5.85. The monoisotopic (exact) mass is 457 g/mol. The van der Waals surface area contributed by atoms with Gasteiger partial charge >= 0.3 is 0 Å². The van der Waals surface area contributed by atoms with Crippen LogP contribution in [-0.4, -0.2) is 37.2 Å². The Morgan fingerprint density at radius 1 is 0.970 bits per heavy atom. The number of aromatic nitrogens is 1. The van der Waals surface area contributed by atoms with Gasteiger partial charge in [0.2, 0.25) is 0 Å². The molecule has 4 aromatic rings. The largest absolute Gasteiger partial charge is 0.378 e. The Hall–Kier alpha value is -3.41. The highest BCUT2D eigenvalue weighted by atomic mass is 35.5. The van der Waals surface area contributed by atoms with E-state index in [1.807, 2.05) is 54.6 Å². The van der Waals surface area contributed by atoms with Gasteiger partial charge in [-0.05, 0) is 42.0 Å². The van der Waals surface area contributed by atoms with E-state index in [9.17, 15) is 4.79 Å². The molecule has 0 saturated carbocycles. The van der Waals surface area contributed by atoms with Crippen LogP contribution in [0.15, 0.2) is 78.9 Å². The van der Waals surface area contributed by atoms with Gasteiger partial charge in [0.25, 0.3) is 5.91 Å². The number of morpholine rings is 1. The van der Waals surface area contributed by atoms with Crippen LogP contribution >= 0.6 is 11.6 Å². The minimum atomic E-state index is -0.159. The number of ether oxygens (including phenoxy) is 1. The standard InChI is InChI=1S/C27H24ClN3O2/c28-18-19-8-10-20(11-9-19)27(32)29-23-6-3-5-22(16-23)26-25(31-12-14-33-15-13-31)17-21-4-1-2-7-24(21)30-26/h1-11,16-17H,12-15,18H2,(H,29,32). The molecule has 1 fully saturated rings. The molecular weight excluding hydrogens is 434 g/mol. The normalized spacial score (nSPS) is 13.8. The van der Waals surface area contributed by atoms with E-state index in [1.54, 1.807) is 12.1 Å². The van der Waals surface area contributed by atoms with Crippen LogP contribution in [0.4, 0.5) is 11.4 Å². The molecule has 1 aromatic heterocycles. The molecule has 1 aliphatic rings. The van der Waals surface area contributed by atoms with Crippen molar-refractivity contribution in [2.45, 2.75) is 5.88 Å². The number of fused-ring (bicyclic) bond motifs is 1. The van der Waals surface area contributed by atoms with Gasteiger partial charge in [0.1, 0.15) is 0 Å². The quantitative estimate of drug-likeness (QED) is 0.389. The lowest BCUT2D eigenvalue weighted by Gasteiger charge is -2.30. The number of nitrogens with one attached hydrogen (secondary N) is 1. The summed E-state index contributed by atoms with van der Waals surface area (Å²) in [4.78, 5) is 20.1. The topological polar surface area (TPSA) is 54.5 Å². The van der Waals surface area contributed by atoms with Gasteiger partial charge in [-0.2, -0.15) is 0 Å². The molecule has 1 aliphatic heterocycles. The molecule has 0 aliphatic carbocycles. The van der Waals surface area contributed by atoms with Crippen LogP contribution < -0.4 is 10.2 Å². The molecule has 33 heavy (non-hydrogen) atoms. The summed E-state index contributed by atoms with van der Waals surface area (Å²) in [6.07, 6.45) is 0. The Labute approximate surface area is 198 Å². The van der Waals surface area contributed by atoms with Gasteiger partial charge in [0, 0.05) is 41.2 Å². The highest BCUT2D eigenvalue weighted by Crippen LogP contribution is 2.34. The molecule has 0 radical (unpaired) electrons. The molecular formula is C27H24ClN3O2. The van der Waals surface area contributed by atoms with Crippen LogP contribution in [0, 0.1) is 0 Å². The predicted octanol–water partition coefficient (Wildman–Crippen LogP) is 5.73. The van der Waals surface area contributed by atoms with Crippen LogP contribution in [0.25, 0.3) is 22.2 Å². The number of para-hydroxylation sites is 1. The van der Waals surface area contributed by atoms with Gasteiger partial charge in [0.15, 0.2) is 0 Å². The number of anilines is 2. The second-order valence-corrected chi connectivity index (χ2v) is 8.28. The number of alkyl halides is 1. The zero-order valence-corrected chi connectivity index (χ0v) is 18.9. The van der Waals surface area contributed by atoms with Gasteiger partial charge in [0.05, 0.1) is 30.1 Å². The predicted molar refractivity (Wildman–Crippen MR) is 134 cm³/mol. The van der Waals surface area contributed by atoms with Crippen LogP contribution in [0.5, 0.6) is 0 Å².